The van der Waals surface area contributed by atoms with Crippen LogP contribution in [0.4, 0.5) is 0 Å². The lowest BCUT2D eigenvalue weighted by Crippen LogP contribution is -2.27. The molecular formula is C12H18N2. The van der Waals surface area contributed by atoms with Gasteiger partial charge in [0.2, 0.25) is 0 Å². The lowest BCUT2D eigenvalue weighted by molar-refractivity contribution is 0.301. The number of nitrogens with one attached hydrogen (secondary N) is 1. The predicted molar refractivity (Wildman–Crippen MR) is 58.0 cm³/mol. The van der Waals surface area contributed by atoms with Gasteiger partial charge in [-0.15, -0.1) is 0 Å². The molecule has 2 rings (SSSR count). The molecule has 0 radical (unpaired) electrons. The molecule has 1 N–H and O–H groups in total. The highest BCUT2D eigenvalue weighted by atomic mass is 14.9. The maximum Gasteiger partial charge on any atom is 0.0300 e. The molecule has 76 valence electrons. The maximum atomic E-state index is 4.09. The molecule has 0 saturated heterocycles. The first-order valence-corrected chi connectivity index (χ1v) is 5.46. The summed E-state index contributed by atoms with van der Waals surface area (Å²) in [6, 6.07) is 2.10. The quantitative estimate of drug-likeness (QED) is 0.788. The number of hydrogen-bond donors (Lipinski definition) is 1. The summed E-state index contributed by atoms with van der Waals surface area (Å²) in [5, 5.41) is 3.52. The first kappa shape index (κ1) is 9.66. The van der Waals surface area contributed by atoms with Crippen LogP contribution in [0.2, 0.25) is 0 Å². The van der Waals surface area contributed by atoms with Crippen molar-refractivity contribution in [3.63, 3.8) is 0 Å². The molecule has 0 unspecified atom stereocenters. The molecular weight excluding hydrogens is 172 g/mol. The average Bonchev–Trinajstić information content (AvgIpc) is 2.12. The summed E-state index contributed by atoms with van der Waals surface area (Å²) in [6.45, 7) is 4.29. The Bertz CT molecular complexity index is 292. The minimum Gasteiger partial charge on any atom is -0.312 e. The molecule has 1 aliphatic carbocycles. The first-order valence-electron chi connectivity index (χ1n) is 5.46. The van der Waals surface area contributed by atoms with Gasteiger partial charge in [-0.05, 0) is 49.4 Å². The third-order valence-electron chi connectivity index (χ3n) is 3.11. The molecule has 1 fully saturated rings. The third-order valence-corrected chi connectivity index (χ3v) is 3.11. The van der Waals surface area contributed by atoms with Crippen LogP contribution < -0.4 is 5.32 Å². The lowest BCUT2D eigenvalue weighted by atomic mass is 9.85. The van der Waals surface area contributed by atoms with E-state index in [1.165, 1.54) is 36.9 Å². The fourth-order valence-electron chi connectivity index (χ4n) is 1.81. The summed E-state index contributed by atoms with van der Waals surface area (Å²) in [4.78, 5) is 4.09. The fourth-order valence-corrected chi connectivity index (χ4v) is 1.81. The summed E-state index contributed by atoms with van der Waals surface area (Å²) in [5.41, 5.74) is 2.66. The molecule has 14 heavy (non-hydrogen) atoms. The number of nitrogens with zero attached hydrogens (tertiary/aromatic N) is 1. The van der Waals surface area contributed by atoms with Crippen LogP contribution in [0.5, 0.6) is 0 Å². The van der Waals surface area contributed by atoms with E-state index in [4.69, 9.17) is 0 Å². The lowest BCUT2D eigenvalue weighted by Gasteiger charge is -2.25. The summed E-state index contributed by atoms with van der Waals surface area (Å²) < 4.78 is 0. The van der Waals surface area contributed by atoms with Crippen LogP contribution >= 0.6 is 0 Å². The molecule has 0 aliphatic heterocycles. The van der Waals surface area contributed by atoms with Crippen LogP contribution in [0.25, 0.3) is 0 Å². The minimum absolute atomic E-state index is 0.942. The van der Waals surface area contributed by atoms with E-state index in [9.17, 15) is 0 Å². The zero-order valence-corrected chi connectivity index (χ0v) is 8.79. The predicted octanol–water partition coefficient (Wildman–Crippen LogP) is 2.28. The van der Waals surface area contributed by atoms with Crippen molar-refractivity contribution in [1.82, 2.24) is 10.3 Å². The van der Waals surface area contributed by atoms with Gasteiger partial charge in [0.15, 0.2) is 0 Å². The number of aryl methyl sites for hydroxylation is 1. The average molecular weight is 190 g/mol. The molecule has 0 amide bonds. The Labute approximate surface area is 85.7 Å². The highest BCUT2D eigenvalue weighted by molar-refractivity contribution is 5.21. The Balaban J connectivity index is 1.76. The second-order valence-corrected chi connectivity index (χ2v) is 4.23. The van der Waals surface area contributed by atoms with Crippen molar-refractivity contribution < 1.29 is 0 Å². The molecule has 2 heteroatoms. The van der Waals surface area contributed by atoms with Gasteiger partial charge in [0.1, 0.15) is 0 Å². The van der Waals surface area contributed by atoms with Crippen molar-refractivity contribution in [2.24, 2.45) is 5.92 Å². The second kappa shape index (κ2) is 4.56. The fraction of sp³-hybridized carbons (Fsp3) is 0.583. The van der Waals surface area contributed by atoms with Gasteiger partial charge in [-0.3, -0.25) is 4.98 Å². The van der Waals surface area contributed by atoms with Gasteiger partial charge in [0.25, 0.3) is 0 Å². The Morgan fingerprint density at radius 2 is 2.36 bits per heavy atom. The minimum atomic E-state index is 0.942. The van der Waals surface area contributed by atoms with E-state index in [1.54, 1.807) is 0 Å². The summed E-state index contributed by atoms with van der Waals surface area (Å²) >= 11 is 0. The van der Waals surface area contributed by atoms with Gasteiger partial charge in [-0.25, -0.2) is 0 Å². The standard InChI is InChI=1S/C12H18N2/c1-10-7-13-6-5-12(10)9-14-8-11-3-2-4-11/h5-7,11,14H,2-4,8-9H2,1H3. The van der Waals surface area contributed by atoms with Crippen LogP contribution in [0.1, 0.15) is 30.4 Å². The van der Waals surface area contributed by atoms with Crippen LogP contribution in [-0.4, -0.2) is 11.5 Å². The molecule has 1 heterocycles. The molecule has 1 saturated carbocycles. The SMILES string of the molecule is Cc1cnccc1CNCC1CCC1. The van der Waals surface area contributed by atoms with Crippen LogP contribution in [0.3, 0.4) is 0 Å². The van der Waals surface area contributed by atoms with E-state index in [0.717, 1.165) is 12.5 Å². The monoisotopic (exact) mass is 190 g/mol. The highest BCUT2D eigenvalue weighted by Gasteiger charge is 2.16. The van der Waals surface area contributed by atoms with Gasteiger partial charge in [0, 0.05) is 18.9 Å². The van der Waals surface area contributed by atoms with E-state index in [2.05, 4.69) is 23.3 Å². The van der Waals surface area contributed by atoms with Crippen LogP contribution in [0, 0.1) is 12.8 Å². The number of aromatic nitrogens is 1. The molecule has 0 aromatic carbocycles. The summed E-state index contributed by atoms with van der Waals surface area (Å²) in [5.74, 6) is 0.942. The topological polar surface area (TPSA) is 24.9 Å². The molecule has 0 bridgehead atoms. The molecule has 1 aliphatic rings. The molecule has 1 aromatic heterocycles. The highest BCUT2D eigenvalue weighted by Crippen LogP contribution is 2.25. The number of hydrogen-bond acceptors (Lipinski definition) is 2. The van der Waals surface area contributed by atoms with E-state index < -0.39 is 0 Å². The molecule has 1 aromatic rings. The number of rotatable bonds is 4. The van der Waals surface area contributed by atoms with Crippen molar-refractivity contribution in [1.29, 1.82) is 0 Å². The number of pyridine rings is 1. The van der Waals surface area contributed by atoms with Gasteiger partial charge >= 0.3 is 0 Å². The second-order valence-electron chi connectivity index (χ2n) is 4.23. The van der Waals surface area contributed by atoms with Crippen molar-refractivity contribution in [3.8, 4) is 0 Å². The Kier molecular flexibility index (Phi) is 3.14. The Hall–Kier alpha value is -0.890. The van der Waals surface area contributed by atoms with Crippen molar-refractivity contribution in [2.75, 3.05) is 6.54 Å². The van der Waals surface area contributed by atoms with Gasteiger partial charge in [-0.2, -0.15) is 0 Å². The van der Waals surface area contributed by atoms with Gasteiger partial charge in [0.05, 0.1) is 0 Å². The van der Waals surface area contributed by atoms with E-state index in [0.29, 0.717) is 0 Å². The Morgan fingerprint density at radius 3 is 3.00 bits per heavy atom. The van der Waals surface area contributed by atoms with Crippen molar-refractivity contribution >= 4 is 0 Å². The smallest absolute Gasteiger partial charge is 0.0300 e. The normalized spacial score (nSPS) is 16.6. The Morgan fingerprint density at radius 1 is 1.50 bits per heavy atom. The first-order chi connectivity index (χ1) is 6.86. The third kappa shape index (κ3) is 2.32. The largest absolute Gasteiger partial charge is 0.312 e. The zero-order chi connectivity index (χ0) is 9.80. The van der Waals surface area contributed by atoms with Crippen LogP contribution in [0.15, 0.2) is 18.5 Å². The van der Waals surface area contributed by atoms with Crippen LogP contribution in [-0.2, 0) is 6.54 Å². The maximum absolute atomic E-state index is 4.09. The summed E-state index contributed by atoms with van der Waals surface area (Å²) in [6.07, 6.45) is 8.07. The summed E-state index contributed by atoms with van der Waals surface area (Å²) in [7, 11) is 0. The van der Waals surface area contributed by atoms with Crippen molar-refractivity contribution in [3.05, 3.63) is 29.6 Å². The molecule has 0 spiro atoms. The van der Waals surface area contributed by atoms with E-state index in [1.807, 2.05) is 12.4 Å². The zero-order valence-electron chi connectivity index (χ0n) is 8.79. The van der Waals surface area contributed by atoms with Gasteiger partial charge < -0.3 is 5.32 Å². The van der Waals surface area contributed by atoms with Gasteiger partial charge in [-0.1, -0.05) is 6.42 Å². The van der Waals surface area contributed by atoms with Crippen molar-refractivity contribution in [2.45, 2.75) is 32.7 Å². The molecule has 0 atom stereocenters. The molecule has 2 nitrogen and oxygen atoms in total. The van der Waals surface area contributed by atoms with E-state index >= 15 is 0 Å². The van der Waals surface area contributed by atoms with E-state index in [-0.39, 0.29) is 0 Å².